The summed E-state index contributed by atoms with van der Waals surface area (Å²) in [6, 6.07) is 14.3. The second-order valence-electron chi connectivity index (χ2n) is 5.57. The number of hydrogen-bond acceptors (Lipinski definition) is 4. The van der Waals surface area contributed by atoms with Crippen molar-refractivity contribution in [1.29, 1.82) is 0 Å². The van der Waals surface area contributed by atoms with Gasteiger partial charge in [-0.3, -0.25) is 0 Å². The van der Waals surface area contributed by atoms with E-state index >= 15 is 0 Å². The first-order valence-electron chi connectivity index (χ1n) is 7.20. The van der Waals surface area contributed by atoms with Gasteiger partial charge in [0.2, 0.25) is 11.7 Å². The fourth-order valence-corrected chi connectivity index (χ4v) is 2.38. The molecule has 0 aliphatic heterocycles. The highest BCUT2D eigenvalue weighted by molar-refractivity contribution is 5.94. The first kappa shape index (κ1) is 13.8. The van der Waals surface area contributed by atoms with E-state index in [4.69, 9.17) is 10.3 Å². The van der Waals surface area contributed by atoms with Gasteiger partial charge < -0.3 is 10.3 Å². The third-order valence-corrected chi connectivity index (χ3v) is 4.20. The minimum Gasteiger partial charge on any atom is -0.338 e. The van der Waals surface area contributed by atoms with Gasteiger partial charge in [-0.2, -0.15) is 4.98 Å². The largest absolute Gasteiger partial charge is 0.338 e. The van der Waals surface area contributed by atoms with Crippen LogP contribution in [0.2, 0.25) is 0 Å². The summed E-state index contributed by atoms with van der Waals surface area (Å²) in [6.07, 6.45) is 0.862. The van der Waals surface area contributed by atoms with Gasteiger partial charge >= 0.3 is 0 Å². The van der Waals surface area contributed by atoms with Crippen molar-refractivity contribution in [2.75, 3.05) is 6.54 Å². The first-order valence-corrected chi connectivity index (χ1v) is 7.20. The molecule has 21 heavy (non-hydrogen) atoms. The molecule has 4 heteroatoms. The molecule has 1 heterocycles. The molecule has 0 saturated carbocycles. The molecule has 0 bridgehead atoms. The molecule has 0 amide bonds. The monoisotopic (exact) mass is 281 g/mol. The zero-order valence-corrected chi connectivity index (χ0v) is 12.3. The number of hydrogen-bond donors (Lipinski definition) is 1. The molecule has 0 spiro atoms. The summed E-state index contributed by atoms with van der Waals surface area (Å²) >= 11 is 0. The zero-order valence-electron chi connectivity index (χ0n) is 12.3. The van der Waals surface area contributed by atoms with E-state index in [1.807, 2.05) is 31.2 Å². The molecule has 0 radical (unpaired) electrons. The molecule has 1 aromatic heterocycles. The number of nitrogens with zero attached hydrogens (tertiary/aromatic N) is 2. The van der Waals surface area contributed by atoms with Gasteiger partial charge in [0.15, 0.2) is 0 Å². The van der Waals surface area contributed by atoms with Crippen LogP contribution in [0.15, 0.2) is 47.0 Å². The Morgan fingerprint density at radius 3 is 2.67 bits per heavy atom. The molecule has 0 aliphatic carbocycles. The molecule has 2 N–H and O–H groups in total. The number of aromatic nitrogens is 2. The lowest BCUT2D eigenvalue weighted by Gasteiger charge is -2.20. The van der Waals surface area contributed by atoms with E-state index in [0.717, 1.165) is 17.4 Å². The van der Waals surface area contributed by atoms with Crippen molar-refractivity contribution in [3.63, 3.8) is 0 Å². The Hall–Kier alpha value is -2.20. The van der Waals surface area contributed by atoms with Crippen LogP contribution in [-0.4, -0.2) is 16.7 Å². The van der Waals surface area contributed by atoms with Crippen molar-refractivity contribution in [2.45, 2.75) is 25.7 Å². The highest BCUT2D eigenvalue weighted by atomic mass is 16.5. The van der Waals surface area contributed by atoms with Crippen LogP contribution >= 0.6 is 0 Å². The SMILES string of the molecule is CCC(C)(CN)c1nc(-c2cccc3ccccc23)no1. The molecule has 108 valence electrons. The van der Waals surface area contributed by atoms with Gasteiger partial charge in [-0.1, -0.05) is 54.5 Å². The second kappa shape index (κ2) is 5.30. The van der Waals surface area contributed by atoms with Crippen molar-refractivity contribution in [3.8, 4) is 11.4 Å². The van der Waals surface area contributed by atoms with Crippen LogP contribution in [0.25, 0.3) is 22.2 Å². The Balaban J connectivity index is 2.11. The molecule has 3 rings (SSSR count). The fraction of sp³-hybridized carbons (Fsp3) is 0.294. The van der Waals surface area contributed by atoms with E-state index in [9.17, 15) is 0 Å². The lowest BCUT2D eigenvalue weighted by molar-refractivity contribution is 0.291. The minimum absolute atomic E-state index is 0.268. The topological polar surface area (TPSA) is 64.9 Å². The van der Waals surface area contributed by atoms with Crippen LogP contribution in [0, 0.1) is 0 Å². The van der Waals surface area contributed by atoms with E-state index in [1.165, 1.54) is 5.39 Å². The van der Waals surface area contributed by atoms with Crippen molar-refractivity contribution in [2.24, 2.45) is 5.73 Å². The third-order valence-electron chi connectivity index (χ3n) is 4.20. The molecule has 1 unspecified atom stereocenters. The van der Waals surface area contributed by atoms with Crippen molar-refractivity contribution in [3.05, 3.63) is 48.4 Å². The van der Waals surface area contributed by atoms with E-state index in [1.54, 1.807) is 0 Å². The smallest absolute Gasteiger partial charge is 0.234 e. The van der Waals surface area contributed by atoms with Gasteiger partial charge in [-0.15, -0.1) is 0 Å². The van der Waals surface area contributed by atoms with Crippen LogP contribution < -0.4 is 5.73 Å². The first-order chi connectivity index (χ1) is 10.2. The maximum absolute atomic E-state index is 5.86. The quantitative estimate of drug-likeness (QED) is 0.794. The summed E-state index contributed by atoms with van der Waals surface area (Å²) in [7, 11) is 0. The Morgan fingerprint density at radius 2 is 1.90 bits per heavy atom. The third kappa shape index (κ3) is 2.32. The molecule has 0 aliphatic rings. The lowest BCUT2D eigenvalue weighted by atomic mass is 9.88. The van der Waals surface area contributed by atoms with E-state index in [2.05, 4.69) is 35.3 Å². The second-order valence-corrected chi connectivity index (χ2v) is 5.57. The predicted octanol–water partition coefficient (Wildman–Crippen LogP) is 3.52. The van der Waals surface area contributed by atoms with E-state index in [-0.39, 0.29) is 5.41 Å². The van der Waals surface area contributed by atoms with Crippen LogP contribution in [0.4, 0.5) is 0 Å². The van der Waals surface area contributed by atoms with Crippen molar-refractivity contribution >= 4 is 10.8 Å². The summed E-state index contributed by atoms with van der Waals surface area (Å²) in [5.74, 6) is 1.23. The summed E-state index contributed by atoms with van der Waals surface area (Å²) < 4.78 is 5.47. The van der Waals surface area contributed by atoms with Gasteiger partial charge in [0, 0.05) is 12.1 Å². The normalized spacial score (nSPS) is 14.2. The lowest BCUT2D eigenvalue weighted by Crippen LogP contribution is -2.31. The van der Waals surface area contributed by atoms with Crippen molar-refractivity contribution < 1.29 is 4.52 Å². The molecular weight excluding hydrogens is 262 g/mol. The summed E-state index contributed by atoms with van der Waals surface area (Å²) in [5, 5.41) is 6.45. The fourth-order valence-electron chi connectivity index (χ4n) is 2.38. The van der Waals surface area contributed by atoms with Crippen LogP contribution in [0.3, 0.4) is 0 Å². The van der Waals surface area contributed by atoms with Gasteiger partial charge in [0.05, 0.1) is 5.41 Å². The van der Waals surface area contributed by atoms with Crippen LogP contribution in [0.1, 0.15) is 26.2 Å². The van der Waals surface area contributed by atoms with Crippen LogP contribution in [-0.2, 0) is 5.41 Å². The Labute approximate surface area is 124 Å². The van der Waals surface area contributed by atoms with Gasteiger partial charge in [0.25, 0.3) is 0 Å². The zero-order chi connectivity index (χ0) is 14.9. The summed E-state index contributed by atoms with van der Waals surface area (Å²) in [6.45, 7) is 4.61. The maximum atomic E-state index is 5.86. The summed E-state index contributed by atoms with van der Waals surface area (Å²) in [5.41, 5.74) is 6.58. The van der Waals surface area contributed by atoms with Gasteiger partial charge in [-0.05, 0) is 24.1 Å². The standard InChI is InChI=1S/C17H19N3O/c1-3-17(2,11-18)16-19-15(20-21-16)14-10-6-8-12-7-4-5-9-13(12)14/h4-10H,3,11,18H2,1-2H3. The Bertz CT molecular complexity index is 754. The molecular formula is C17H19N3O. The molecule has 0 fully saturated rings. The van der Waals surface area contributed by atoms with Gasteiger partial charge in [-0.25, -0.2) is 0 Å². The number of nitrogens with two attached hydrogens (primary N) is 1. The predicted molar refractivity (Wildman–Crippen MR) is 83.9 cm³/mol. The molecule has 1 atom stereocenters. The number of benzene rings is 2. The van der Waals surface area contributed by atoms with Crippen molar-refractivity contribution in [1.82, 2.24) is 10.1 Å². The minimum atomic E-state index is -0.268. The van der Waals surface area contributed by atoms with E-state index in [0.29, 0.717) is 18.3 Å². The maximum Gasteiger partial charge on any atom is 0.234 e. The average molecular weight is 281 g/mol. The van der Waals surface area contributed by atoms with E-state index < -0.39 is 0 Å². The van der Waals surface area contributed by atoms with Crippen LogP contribution in [0.5, 0.6) is 0 Å². The number of rotatable bonds is 4. The Kier molecular flexibility index (Phi) is 3.47. The summed E-state index contributed by atoms with van der Waals surface area (Å²) in [4.78, 5) is 4.59. The highest BCUT2D eigenvalue weighted by Crippen LogP contribution is 2.30. The number of fused-ring (bicyclic) bond motifs is 1. The molecule has 2 aromatic carbocycles. The highest BCUT2D eigenvalue weighted by Gasteiger charge is 2.30. The van der Waals surface area contributed by atoms with Gasteiger partial charge in [0.1, 0.15) is 0 Å². The molecule has 3 aromatic rings. The molecule has 4 nitrogen and oxygen atoms in total. The molecule has 0 saturated heterocycles. The Morgan fingerprint density at radius 1 is 1.14 bits per heavy atom. The average Bonchev–Trinajstić information content (AvgIpc) is 3.04.